The van der Waals surface area contributed by atoms with E-state index in [-0.39, 0.29) is 23.8 Å². The smallest absolute Gasteiger partial charge is 0.268 e. The zero-order valence-electron chi connectivity index (χ0n) is 15.6. The number of fused-ring (bicyclic) bond motifs is 1. The lowest BCUT2D eigenvalue weighted by atomic mass is 10.2. The van der Waals surface area contributed by atoms with Crippen LogP contribution >= 0.6 is 12.4 Å². The lowest BCUT2D eigenvalue weighted by molar-refractivity contribution is 0.315. The lowest BCUT2D eigenvalue weighted by Crippen LogP contribution is -2.44. The van der Waals surface area contributed by atoms with Gasteiger partial charge in [0.05, 0.1) is 25.0 Å². The number of ether oxygens (including phenoxy) is 2. The normalized spacial score (nSPS) is 16.6. The maximum absolute atomic E-state index is 13.4. The van der Waals surface area contributed by atoms with Crippen molar-refractivity contribution in [1.82, 2.24) is 5.32 Å². The van der Waals surface area contributed by atoms with Crippen molar-refractivity contribution in [3.63, 3.8) is 0 Å². The third-order valence-corrected chi connectivity index (χ3v) is 6.73. The van der Waals surface area contributed by atoms with Gasteiger partial charge in [0, 0.05) is 26.2 Å². The molecule has 4 rings (SSSR count). The van der Waals surface area contributed by atoms with Gasteiger partial charge >= 0.3 is 0 Å². The number of halogens is 1. The largest absolute Gasteiger partial charge is 0.495 e. The first-order valence-corrected chi connectivity index (χ1v) is 10.4. The first-order valence-electron chi connectivity index (χ1n) is 9.00. The summed E-state index contributed by atoms with van der Waals surface area (Å²) in [6, 6.07) is 12.4. The van der Waals surface area contributed by atoms with E-state index in [2.05, 4.69) is 10.2 Å². The Balaban J connectivity index is 0.00000225. The van der Waals surface area contributed by atoms with Crippen molar-refractivity contribution in [3.8, 4) is 11.5 Å². The van der Waals surface area contributed by atoms with Crippen LogP contribution in [0.5, 0.6) is 11.5 Å². The second-order valence-corrected chi connectivity index (χ2v) is 8.27. The molecule has 0 aliphatic carbocycles. The average molecular weight is 426 g/mol. The van der Waals surface area contributed by atoms with Gasteiger partial charge in [-0.2, -0.15) is 0 Å². The Labute approximate surface area is 171 Å². The molecule has 0 saturated carbocycles. The summed E-state index contributed by atoms with van der Waals surface area (Å²) in [6.45, 7) is 4.08. The fourth-order valence-electron chi connectivity index (χ4n) is 3.56. The van der Waals surface area contributed by atoms with Crippen LogP contribution < -0.4 is 24.0 Å². The first kappa shape index (κ1) is 20.6. The monoisotopic (exact) mass is 425 g/mol. The maximum Gasteiger partial charge on any atom is 0.268 e. The number of hydrogen-bond donors (Lipinski definition) is 1. The molecule has 9 heteroatoms. The van der Waals surface area contributed by atoms with Crippen molar-refractivity contribution in [1.29, 1.82) is 0 Å². The van der Waals surface area contributed by atoms with Gasteiger partial charge in [-0.3, -0.25) is 4.31 Å². The fraction of sp³-hybridized carbons (Fsp3) is 0.368. The van der Waals surface area contributed by atoms with E-state index in [1.54, 1.807) is 30.3 Å². The van der Waals surface area contributed by atoms with Crippen molar-refractivity contribution in [2.75, 3.05) is 55.6 Å². The number of benzene rings is 2. The number of nitrogens with zero attached hydrogens (tertiary/aromatic N) is 2. The van der Waals surface area contributed by atoms with E-state index in [1.807, 2.05) is 12.1 Å². The van der Waals surface area contributed by atoms with Gasteiger partial charge < -0.3 is 19.7 Å². The molecule has 0 bridgehead atoms. The van der Waals surface area contributed by atoms with Gasteiger partial charge in [0.25, 0.3) is 10.0 Å². The minimum Gasteiger partial charge on any atom is -0.495 e. The molecule has 1 N–H and O–H groups in total. The highest BCUT2D eigenvalue weighted by Crippen LogP contribution is 2.43. The molecular weight excluding hydrogens is 402 g/mol. The summed E-state index contributed by atoms with van der Waals surface area (Å²) in [5.41, 5.74) is 1.51. The molecule has 0 amide bonds. The van der Waals surface area contributed by atoms with Crippen LogP contribution in [0.4, 0.5) is 11.4 Å². The van der Waals surface area contributed by atoms with E-state index in [0.29, 0.717) is 23.8 Å². The number of anilines is 2. The number of para-hydroxylation sites is 2. The van der Waals surface area contributed by atoms with E-state index < -0.39 is 10.0 Å². The molecule has 1 fully saturated rings. The number of hydrogen-bond acceptors (Lipinski definition) is 6. The van der Waals surface area contributed by atoms with E-state index in [4.69, 9.17) is 9.47 Å². The molecule has 0 atom stereocenters. The SMILES string of the molecule is COc1ccccc1S(=O)(=O)N1CCOc2c(N3CCNCC3)cccc21.Cl. The molecule has 2 aromatic rings. The maximum atomic E-state index is 13.4. The predicted octanol–water partition coefficient (Wildman–Crippen LogP) is 2.11. The van der Waals surface area contributed by atoms with Gasteiger partial charge in [-0.15, -0.1) is 12.4 Å². The fourth-order valence-corrected chi connectivity index (χ4v) is 5.17. The van der Waals surface area contributed by atoms with Crippen LogP contribution in [-0.2, 0) is 10.0 Å². The van der Waals surface area contributed by atoms with Crippen LogP contribution in [0.15, 0.2) is 47.4 Å². The summed E-state index contributed by atoms with van der Waals surface area (Å²) in [4.78, 5) is 2.39. The molecule has 0 aromatic heterocycles. The first-order chi connectivity index (χ1) is 13.1. The number of sulfonamides is 1. The summed E-state index contributed by atoms with van der Waals surface area (Å²) >= 11 is 0. The number of nitrogens with one attached hydrogen (secondary N) is 1. The van der Waals surface area contributed by atoms with Crippen LogP contribution in [0.1, 0.15) is 0 Å². The van der Waals surface area contributed by atoms with Gasteiger partial charge in [0.2, 0.25) is 0 Å². The van der Waals surface area contributed by atoms with Crippen LogP contribution in [0.2, 0.25) is 0 Å². The minimum atomic E-state index is -3.77. The van der Waals surface area contributed by atoms with Crippen molar-refractivity contribution in [2.24, 2.45) is 0 Å². The Morgan fingerprint density at radius 2 is 1.71 bits per heavy atom. The van der Waals surface area contributed by atoms with Gasteiger partial charge in [-0.1, -0.05) is 18.2 Å². The highest BCUT2D eigenvalue weighted by atomic mass is 35.5. The summed E-state index contributed by atoms with van der Waals surface area (Å²) in [5.74, 6) is 0.966. The van der Waals surface area contributed by atoms with Crippen LogP contribution in [0, 0.1) is 0 Å². The zero-order valence-corrected chi connectivity index (χ0v) is 17.3. The molecule has 2 heterocycles. The summed E-state index contributed by atoms with van der Waals surface area (Å²) in [6.07, 6.45) is 0. The van der Waals surface area contributed by atoms with Crippen LogP contribution in [0.3, 0.4) is 0 Å². The summed E-state index contributed by atoms with van der Waals surface area (Å²) in [5, 5.41) is 3.33. The van der Waals surface area contributed by atoms with Gasteiger partial charge in [0.1, 0.15) is 17.3 Å². The van der Waals surface area contributed by atoms with Gasteiger partial charge in [-0.05, 0) is 24.3 Å². The predicted molar refractivity (Wildman–Crippen MR) is 112 cm³/mol. The Bertz CT molecular complexity index is 933. The van der Waals surface area contributed by atoms with E-state index in [1.165, 1.54) is 11.4 Å². The molecule has 28 heavy (non-hydrogen) atoms. The molecule has 152 valence electrons. The molecule has 1 saturated heterocycles. The van der Waals surface area contributed by atoms with E-state index >= 15 is 0 Å². The zero-order chi connectivity index (χ0) is 18.9. The average Bonchev–Trinajstić information content (AvgIpc) is 2.73. The third kappa shape index (κ3) is 3.59. The van der Waals surface area contributed by atoms with E-state index in [0.717, 1.165) is 31.9 Å². The molecule has 0 spiro atoms. The second-order valence-electron chi connectivity index (χ2n) is 6.44. The minimum absolute atomic E-state index is 0. The Kier molecular flexibility index (Phi) is 6.22. The Morgan fingerprint density at radius 3 is 2.46 bits per heavy atom. The highest BCUT2D eigenvalue weighted by molar-refractivity contribution is 7.93. The molecule has 7 nitrogen and oxygen atoms in total. The second kappa shape index (κ2) is 8.46. The molecule has 2 aliphatic rings. The number of rotatable bonds is 4. The molecule has 0 radical (unpaired) electrons. The highest BCUT2D eigenvalue weighted by Gasteiger charge is 2.34. The number of piperazine rings is 1. The summed E-state index contributed by atoms with van der Waals surface area (Å²) < 4.78 is 39.4. The standard InChI is InChI=1S/C19H23N3O4S.ClH/c1-25-17-7-2-3-8-18(17)27(23,24)22-13-14-26-19-15(5-4-6-16(19)22)21-11-9-20-10-12-21;/h2-8,20H,9-14H2,1H3;1H. The topological polar surface area (TPSA) is 71.1 Å². The van der Waals surface area contributed by atoms with Crippen molar-refractivity contribution < 1.29 is 17.9 Å². The number of methoxy groups -OCH3 is 1. The van der Waals surface area contributed by atoms with Gasteiger partial charge in [0.15, 0.2) is 5.75 Å². The Morgan fingerprint density at radius 1 is 1.00 bits per heavy atom. The van der Waals surface area contributed by atoms with Crippen molar-refractivity contribution in [3.05, 3.63) is 42.5 Å². The quantitative estimate of drug-likeness (QED) is 0.809. The van der Waals surface area contributed by atoms with Gasteiger partial charge in [-0.25, -0.2) is 8.42 Å². The molecule has 2 aromatic carbocycles. The van der Waals surface area contributed by atoms with Crippen molar-refractivity contribution >= 4 is 33.8 Å². The van der Waals surface area contributed by atoms with Crippen molar-refractivity contribution in [2.45, 2.75) is 4.90 Å². The summed E-state index contributed by atoms with van der Waals surface area (Å²) in [7, 11) is -2.29. The van der Waals surface area contributed by atoms with Crippen LogP contribution in [0.25, 0.3) is 0 Å². The lowest BCUT2D eigenvalue weighted by Gasteiger charge is -2.36. The van der Waals surface area contributed by atoms with E-state index in [9.17, 15) is 8.42 Å². The molecular formula is C19H24ClN3O4S. The third-order valence-electron chi connectivity index (χ3n) is 4.88. The molecule has 2 aliphatic heterocycles. The van der Waals surface area contributed by atoms with Crippen LogP contribution in [-0.4, -0.2) is 54.9 Å². The molecule has 0 unspecified atom stereocenters. The Hall–Kier alpha value is -2.16.